The minimum Gasteiger partial charge on any atom is -0.497 e. The van der Waals surface area contributed by atoms with Crippen LogP contribution in [-0.2, 0) is 9.59 Å². The molecule has 0 fully saturated rings. The van der Waals surface area contributed by atoms with Crippen molar-refractivity contribution in [1.82, 2.24) is 10.6 Å². The monoisotopic (exact) mass is 525 g/mol. The second-order valence-electron chi connectivity index (χ2n) is 9.26. The van der Waals surface area contributed by atoms with Crippen molar-refractivity contribution in [2.24, 2.45) is 0 Å². The fourth-order valence-corrected chi connectivity index (χ4v) is 4.31. The van der Waals surface area contributed by atoms with Gasteiger partial charge in [0.1, 0.15) is 17.6 Å². The highest BCUT2D eigenvalue weighted by Gasteiger charge is 2.35. The van der Waals surface area contributed by atoms with Crippen molar-refractivity contribution in [2.45, 2.75) is 45.7 Å². The molecule has 0 radical (unpaired) electrons. The lowest BCUT2D eigenvalue weighted by Gasteiger charge is -2.35. The van der Waals surface area contributed by atoms with E-state index in [0.29, 0.717) is 33.9 Å². The van der Waals surface area contributed by atoms with Crippen LogP contribution >= 0.6 is 11.3 Å². The van der Waals surface area contributed by atoms with Gasteiger partial charge >= 0.3 is 0 Å². The molecule has 7 nitrogen and oxygen atoms in total. The first-order chi connectivity index (χ1) is 17.6. The number of hydrogen-bond acceptors (Lipinski definition) is 5. The van der Waals surface area contributed by atoms with Crippen LogP contribution in [0.5, 0.6) is 5.75 Å². The van der Waals surface area contributed by atoms with E-state index in [2.05, 4.69) is 10.6 Å². The molecule has 0 spiro atoms. The normalized spacial score (nSPS) is 11.9. The zero-order valence-electron chi connectivity index (χ0n) is 21.6. The molecular formula is C28H32FN3O4S. The fourth-order valence-electron chi connectivity index (χ4n) is 3.67. The molecule has 1 heterocycles. The van der Waals surface area contributed by atoms with Crippen molar-refractivity contribution in [3.63, 3.8) is 0 Å². The molecule has 2 N–H and O–H groups in total. The molecule has 2 aromatic carbocycles. The molecule has 196 valence electrons. The number of hydrogen-bond donors (Lipinski definition) is 2. The van der Waals surface area contributed by atoms with Gasteiger partial charge in [0.15, 0.2) is 0 Å². The van der Waals surface area contributed by atoms with Gasteiger partial charge in [-0.05, 0) is 80.1 Å². The fraction of sp³-hybridized carbons (Fsp3) is 0.321. The number of ether oxygens (including phenoxy) is 1. The first-order valence-corrected chi connectivity index (χ1v) is 12.8. The zero-order chi connectivity index (χ0) is 27.2. The Morgan fingerprint density at radius 2 is 1.86 bits per heavy atom. The number of nitrogens with one attached hydrogen (secondary N) is 2. The van der Waals surface area contributed by atoms with Crippen molar-refractivity contribution in [3.8, 4) is 5.75 Å². The summed E-state index contributed by atoms with van der Waals surface area (Å²) >= 11 is 1.26. The van der Waals surface area contributed by atoms with Crippen molar-refractivity contribution < 1.29 is 23.5 Å². The number of methoxy groups -OCH3 is 1. The summed E-state index contributed by atoms with van der Waals surface area (Å²) < 4.78 is 19.5. The van der Waals surface area contributed by atoms with Crippen molar-refractivity contribution in [1.29, 1.82) is 0 Å². The smallest absolute Gasteiger partial charge is 0.261 e. The largest absolute Gasteiger partial charge is 0.497 e. The number of carbonyl (C=O) groups is 3. The average molecular weight is 526 g/mol. The van der Waals surface area contributed by atoms with Gasteiger partial charge < -0.3 is 15.4 Å². The minimum atomic E-state index is -1.11. The second kappa shape index (κ2) is 12.0. The van der Waals surface area contributed by atoms with Gasteiger partial charge in [-0.25, -0.2) is 4.39 Å². The van der Waals surface area contributed by atoms with Crippen molar-refractivity contribution >= 4 is 34.7 Å². The van der Waals surface area contributed by atoms with Gasteiger partial charge in [-0.1, -0.05) is 25.1 Å². The number of anilines is 1. The second-order valence-corrected chi connectivity index (χ2v) is 10.2. The van der Waals surface area contributed by atoms with Gasteiger partial charge in [0.2, 0.25) is 11.8 Å². The third kappa shape index (κ3) is 6.95. The number of halogens is 1. The molecule has 0 aliphatic carbocycles. The Morgan fingerprint density at radius 1 is 1.11 bits per heavy atom. The third-order valence-electron chi connectivity index (χ3n) is 6.10. The van der Waals surface area contributed by atoms with Gasteiger partial charge in [0, 0.05) is 11.2 Å². The molecule has 0 aliphatic rings. The Kier molecular flexibility index (Phi) is 9.04. The molecule has 1 unspecified atom stereocenters. The molecule has 3 aromatic rings. The molecule has 0 aliphatic heterocycles. The summed E-state index contributed by atoms with van der Waals surface area (Å²) in [5.74, 6) is -1.27. The number of carbonyl (C=O) groups excluding carboxylic acids is 3. The maximum absolute atomic E-state index is 14.2. The Labute approximate surface area is 220 Å². The lowest BCUT2D eigenvalue weighted by molar-refractivity contribution is -0.127. The van der Waals surface area contributed by atoms with Crippen LogP contribution in [0.15, 0.2) is 60.0 Å². The molecule has 1 aromatic heterocycles. The molecule has 0 saturated carbocycles. The lowest BCUT2D eigenvalue weighted by atomic mass is 9.98. The van der Waals surface area contributed by atoms with Gasteiger partial charge in [0.25, 0.3) is 5.91 Å². The van der Waals surface area contributed by atoms with Crippen LogP contribution in [0.2, 0.25) is 0 Å². The highest BCUT2D eigenvalue weighted by molar-refractivity contribution is 7.12. The van der Waals surface area contributed by atoms with E-state index < -0.39 is 35.1 Å². The Morgan fingerprint density at radius 3 is 2.49 bits per heavy atom. The van der Waals surface area contributed by atoms with E-state index in [4.69, 9.17) is 4.74 Å². The summed E-state index contributed by atoms with van der Waals surface area (Å²) in [6, 6.07) is 13.4. The van der Waals surface area contributed by atoms with E-state index in [1.54, 1.807) is 48.7 Å². The van der Waals surface area contributed by atoms with Gasteiger partial charge in [-0.2, -0.15) is 0 Å². The highest BCUT2D eigenvalue weighted by Crippen LogP contribution is 2.31. The van der Waals surface area contributed by atoms with Crippen LogP contribution in [-0.4, -0.2) is 36.9 Å². The maximum atomic E-state index is 14.2. The zero-order valence-corrected chi connectivity index (χ0v) is 22.4. The molecule has 0 saturated heterocycles. The summed E-state index contributed by atoms with van der Waals surface area (Å²) in [5.41, 5.74) is 0.599. The molecular weight excluding hydrogens is 493 g/mol. The summed E-state index contributed by atoms with van der Waals surface area (Å²) in [5, 5.41) is 7.43. The van der Waals surface area contributed by atoms with Crippen LogP contribution in [0.25, 0.3) is 0 Å². The lowest BCUT2D eigenvalue weighted by Crippen LogP contribution is -2.52. The summed E-state index contributed by atoms with van der Waals surface area (Å²) in [4.78, 5) is 41.8. The molecule has 3 rings (SSSR count). The highest BCUT2D eigenvalue weighted by atomic mass is 32.1. The Hall–Kier alpha value is -3.72. The molecule has 0 bridgehead atoms. The molecule has 37 heavy (non-hydrogen) atoms. The predicted molar refractivity (Wildman–Crippen MR) is 144 cm³/mol. The number of aryl methyl sites for hydroxylation is 1. The van der Waals surface area contributed by atoms with Crippen molar-refractivity contribution in [2.75, 3.05) is 18.6 Å². The number of thiophene rings is 1. The number of amides is 3. The maximum Gasteiger partial charge on any atom is 0.261 e. The molecule has 9 heteroatoms. The van der Waals surface area contributed by atoms with Crippen LogP contribution in [0.4, 0.5) is 10.1 Å². The van der Waals surface area contributed by atoms with E-state index in [1.165, 1.54) is 41.5 Å². The van der Waals surface area contributed by atoms with E-state index in [-0.39, 0.29) is 6.54 Å². The molecule has 1 atom stereocenters. The predicted octanol–water partition coefficient (Wildman–Crippen LogP) is 5.01. The number of benzene rings is 2. The van der Waals surface area contributed by atoms with E-state index >= 15 is 0 Å². The third-order valence-corrected chi connectivity index (χ3v) is 6.96. The number of rotatable bonds is 10. The first-order valence-electron chi connectivity index (χ1n) is 11.9. The van der Waals surface area contributed by atoms with Crippen LogP contribution in [0, 0.1) is 12.7 Å². The van der Waals surface area contributed by atoms with Crippen LogP contribution in [0.3, 0.4) is 0 Å². The van der Waals surface area contributed by atoms with Gasteiger partial charge in [0.05, 0.1) is 18.5 Å². The van der Waals surface area contributed by atoms with Crippen LogP contribution in [0.1, 0.15) is 54.0 Å². The van der Waals surface area contributed by atoms with E-state index in [1.807, 2.05) is 20.8 Å². The quantitative estimate of drug-likeness (QED) is 0.389. The van der Waals surface area contributed by atoms with E-state index in [0.717, 1.165) is 0 Å². The van der Waals surface area contributed by atoms with Gasteiger partial charge in [-0.3, -0.25) is 19.3 Å². The van der Waals surface area contributed by atoms with Gasteiger partial charge in [-0.15, -0.1) is 11.3 Å². The SMILES string of the molecule is CCC(C)(C)NC(=O)C(c1cccc(OC)c1)N(C(=O)CNC(=O)c1cccs1)c1ccc(F)c(C)c1. The standard InChI is InChI=1S/C28H32FN3O4S/c1-6-28(3,4)31-27(35)25(19-9-7-10-21(16-19)36-5)32(20-12-13-22(29)18(2)15-20)24(33)17-30-26(34)23-11-8-14-37-23/h7-16,25H,6,17H2,1-5H3,(H,30,34)(H,31,35). The first kappa shape index (κ1) is 27.9. The Bertz CT molecular complexity index is 1260. The van der Waals surface area contributed by atoms with Crippen molar-refractivity contribution in [3.05, 3.63) is 81.8 Å². The summed E-state index contributed by atoms with van der Waals surface area (Å²) in [6.45, 7) is 6.96. The van der Waals surface area contributed by atoms with E-state index in [9.17, 15) is 18.8 Å². The Balaban J connectivity index is 2.08. The molecule has 3 amide bonds. The summed E-state index contributed by atoms with van der Waals surface area (Å²) in [6.07, 6.45) is 0.657. The average Bonchev–Trinajstić information content (AvgIpc) is 3.42. The minimum absolute atomic E-state index is 0.316. The summed E-state index contributed by atoms with van der Waals surface area (Å²) in [7, 11) is 1.51. The van der Waals surface area contributed by atoms with Crippen LogP contribution < -0.4 is 20.3 Å². The topological polar surface area (TPSA) is 87.7 Å². The number of nitrogens with zero attached hydrogens (tertiary/aromatic N) is 1.